The molecule has 226 valence electrons. The predicted molar refractivity (Wildman–Crippen MR) is 122 cm³/mol. The summed E-state index contributed by atoms with van der Waals surface area (Å²) in [6, 6.07) is 0. The van der Waals surface area contributed by atoms with Gasteiger partial charge in [0.15, 0.2) is 24.0 Å². The van der Waals surface area contributed by atoms with Gasteiger partial charge in [0.1, 0.15) is 48.5 Å². The van der Waals surface area contributed by atoms with Crippen molar-refractivity contribution in [2.45, 2.75) is 49.1 Å². The van der Waals surface area contributed by atoms with Gasteiger partial charge in [0.2, 0.25) is 0 Å². The number of aliphatic hydroxyl groups excluding tert-OH is 4. The molecule has 2 aromatic rings. The molecule has 0 spiro atoms. The molecule has 2 fully saturated rings. The molecule has 25 heteroatoms. The van der Waals surface area contributed by atoms with Crippen LogP contribution in [0.5, 0.6) is 0 Å². The maximum absolute atomic E-state index is 12.2. The first kappa shape index (κ1) is 31.4. The molecule has 2 aliphatic heterocycles. The van der Waals surface area contributed by atoms with E-state index < -0.39 is 85.8 Å². The van der Waals surface area contributed by atoms with E-state index in [-0.39, 0.29) is 17.0 Å². The maximum Gasteiger partial charge on any atom is 0.481 e. The third-order valence-corrected chi connectivity index (χ3v) is 8.65. The van der Waals surface area contributed by atoms with Crippen LogP contribution in [-0.4, -0.2) is 116 Å². The Kier molecular flexibility index (Phi) is 9.14. The van der Waals surface area contributed by atoms with E-state index in [2.05, 4.69) is 32.8 Å². The second kappa shape index (κ2) is 11.6. The molecule has 0 radical (unpaired) electrons. The van der Waals surface area contributed by atoms with Crippen LogP contribution in [-0.2, 0) is 41.1 Å². The van der Waals surface area contributed by atoms with Gasteiger partial charge in [-0.15, -0.1) is 0 Å². The minimum absolute atomic E-state index is 0.0326. The molecule has 0 saturated carbocycles. The van der Waals surface area contributed by atoms with E-state index in [1.54, 1.807) is 0 Å². The molecule has 4 heterocycles. The first-order chi connectivity index (χ1) is 18.5. The van der Waals surface area contributed by atoms with Crippen LogP contribution in [0, 0.1) is 0 Å². The number of nitrogens with zero attached hydrogens (tertiary/aromatic N) is 4. The molecule has 2 aliphatic rings. The van der Waals surface area contributed by atoms with E-state index in [0.29, 0.717) is 0 Å². The van der Waals surface area contributed by atoms with Crippen LogP contribution < -0.4 is 5.73 Å². The van der Waals surface area contributed by atoms with E-state index >= 15 is 0 Å². The first-order valence-corrected chi connectivity index (χ1v) is 15.4. The Balaban J connectivity index is 1.32. The molecular formula is C15H24N5O17P3. The average Bonchev–Trinajstić information content (AvgIpc) is 3.47. The number of aromatic nitrogens is 4. The lowest BCUT2D eigenvalue weighted by Gasteiger charge is -2.20. The van der Waals surface area contributed by atoms with Crippen LogP contribution in [0.15, 0.2) is 12.7 Å². The van der Waals surface area contributed by atoms with E-state index in [4.69, 9.17) is 25.0 Å². The summed E-state index contributed by atoms with van der Waals surface area (Å²) in [5, 5.41) is 40.3. The average molecular weight is 639 g/mol. The Labute approximate surface area is 222 Å². The second-order valence-electron chi connectivity index (χ2n) is 8.36. The molecule has 2 saturated heterocycles. The molecule has 0 bridgehead atoms. The SMILES string of the molecule is Nc1ncnc2c1ncn2[C@@H]1O[C@H](COP(=O)(O)OP(=O)(O)OC[C@H]2O[C@H](OP(=O)(O)O)[C@H](O)[C@@H]2O)[C@@H](O)[C@H]1O. The molecule has 10 N–H and O–H groups in total. The topological polar surface area (TPSA) is 338 Å². The van der Waals surface area contributed by atoms with Gasteiger partial charge in [-0.05, 0) is 0 Å². The fourth-order valence-corrected chi connectivity index (χ4v) is 6.28. The van der Waals surface area contributed by atoms with Gasteiger partial charge in [0.25, 0.3) is 0 Å². The number of fused-ring (bicyclic) bond motifs is 1. The third-order valence-electron chi connectivity index (χ3n) is 5.57. The maximum atomic E-state index is 12.2. The quantitative estimate of drug-likeness (QED) is 0.109. The largest absolute Gasteiger partial charge is 0.481 e. The number of ether oxygens (including phenoxy) is 2. The number of hydrogen-bond acceptors (Lipinski definition) is 17. The molecule has 0 aliphatic carbocycles. The van der Waals surface area contributed by atoms with Gasteiger partial charge < -0.3 is 55.2 Å². The van der Waals surface area contributed by atoms with Gasteiger partial charge in [0.05, 0.1) is 19.5 Å². The van der Waals surface area contributed by atoms with Crippen LogP contribution >= 0.6 is 23.5 Å². The molecule has 0 amide bonds. The molecule has 2 aromatic heterocycles. The predicted octanol–water partition coefficient (Wildman–Crippen LogP) is -3.17. The highest BCUT2D eigenvalue weighted by Crippen LogP contribution is 2.60. The lowest BCUT2D eigenvalue weighted by atomic mass is 10.1. The molecule has 2 unspecified atom stereocenters. The number of rotatable bonds is 11. The van der Waals surface area contributed by atoms with Crippen molar-refractivity contribution in [2.24, 2.45) is 0 Å². The van der Waals surface area contributed by atoms with Crippen molar-refractivity contribution in [3.63, 3.8) is 0 Å². The highest BCUT2D eigenvalue weighted by atomic mass is 31.3. The summed E-state index contributed by atoms with van der Waals surface area (Å²) in [6.45, 7) is -2.03. The number of nitrogen functional groups attached to an aromatic ring is 1. The number of nitrogens with two attached hydrogens (primary N) is 1. The van der Waals surface area contributed by atoms with Crippen LogP contribution in [0.1, 0.15) is 6.23 Å². The summed E-state index contributed by atoms with van der Waals surface area (Å²) in [5.74, 6) is 0.0326. The monoisotopic (exact) mass is 639 g/mol. The molecule has 40 heavy (non-hydrogen) atoms. The zero-order valence-electron chi connectivity index (χ0n) is 19.6. The first-order valence-electron chi connectivity index (χ1n) is 10.8. The summed E-state index contributed by atoms with van der Waals surface area (Å²) in [5.41, 5.74) is 6.03. The Morgan fingerprint density at radius 2 is 1.43 bits per heavy atom. The van der Waals surface area contributed by atoms with Crippen LogP contribution in [0.4, 0.5) is 5.82 Å². The van der Waals surface area contributed by atoms with E-state index in [0.717, 1.165) is 6.33 Å². The van der Waals surface area contributed by atoms with Crippen molar-refractivity contribution in [2.75, 3.05) is 18.9 Å². The Morgan fingerprint density at radius 1 is 0.850 bits per heavy atom. The Morgan fingerprint density at radius 3 is 2.02 bits per heavy atom. The molecule has 0 aromatic carbocycles. The third kappa shape index (κ3) is 7.09. The zero-order valence-corrected chi connectivity index (χ0v) is 22.3. The Bertz CT molecular complexity index is 1360. The van der Waals surface area contributed by atoms with Crippen LogP contribution in [0.25, 0.3) is 11.2 Å². The van der Waals surface area contributed by atoms with Crippen molar-refractivity contribution in [1.82, 2.24) is 19.5 Å². The molecule has 10 atom stereocenters. The lowest BCUT2D eigenvalue weighted by molar-refractivity contribution is -0.125. The zero-order chi connectivity index (χ0) is 29.6. The van der Waals surface area contributed by atoms with E-state index in [1.807, 2.05) is 0 Å². The van der Waals surface area contributed by atoms with Crippen molar-refractivity contribution >= 4 is 40.4 Å². The normalized spacial score (nSPS) is 34.2. The van der Waals surface area contributed by atoms with Gasteiger partial charge >= 0.3 is 23.5 Å². The number of phosphoric acid groups is 3. The van der Waals surface area contributed by atoms with Crippen molar-refractivity contribution < 1.29 is 81.1 Å². The van der Waals surface area contributed by atoms with Gasteiger partial charge in [-0.2, -0.15) is 4.31 Å². The van der Waals surface area contributed by atoms with Gasteiger partial charge in [0, 0.05) is 0 Å². The number of anilines is 1. The standard InChI is InChI=1S/C15H24N5O17P3/c16-12-7-13(18-3-17-12)20(4-19-7)14-10(23)8(21)5(34-14)1-32-39(28,29)37-40(30,31)33-2-6-9(22)11(24)15(35-6)36-38(25,26)27/h3-6,8-11,14-15,21-24H,1-2H2,(H,28,29)(H,30,31)(H2,16,17,18)(H2,25,26,27)/t5-,6-,8-,9-,10-,11-,14-,15-/m1/s1. The van der Waals surface area contributed by atoms with Crippen molar-refractivity contribution in [3.8, 4) is 0 Å². The Hall–Kier alpha value is -1.52. The van der Waals surface area contributed by atoms with Crippen molar-refractivity contribution in [3.05, 3.63) is 12.7 Å². The van der Waals surface area contributed by atoms with Gasteiger partial charge in [-0.3, -0.25) is 18.1 Å². The van der Waals surface area contributed by atoms with Crippen LogP contribution in [0.3, 0.4) is 0 Å². The summed E-state index contributed by atoms with van der Waals surface area (Å²) in [7, 11) is -16.0. The fraction of sp³-hybridized carbons (Fsp3) is 0.667. The smallest absolute Gasteiger partial charge is 0.387 e. The van der Waals surface area contributed by atoms with E-state index in [1.165, 1.54) is 10.9 Å². The highest BCUT2D eigenvalue weighted by molar-refractivity contribution is 7.61. The van der Waals surface area contributed by atoms with Crippen molar-refractivity contribution in [1.29, 1.82) is 0 Å². The molecular weight excluding hydrogens is 615 g/mol. The number of phosphoric ester groups is 3. The van der Waals surface area contributed by atoms with E-state index in [9.17, 15) is 43.9 Å². The fourth-order valence-electron chi connectivity index (χ4n) is 3.74. The number of imidazole rings is 1. The number of hydrogen-bond donors (Lipinski definition) is 9. The summed E-state index contributed by atoms with van der Waals surface area (Å²) in [6.07, 6.45) is -11.4. The minimum Gasteiger partial charge on any atom is -0.387 e. The van der Waals surface area contributed by atoms with Gasteiger partial charge in [-0.25, -0.2) is 28.6 Å². The summed E-state index contributed by atoms with van der Waals surface area (Å²) >= 11 is 0. The molecule has 22 nitrogen and oxygen atoms in total. The lowest BCUT2D eigenvalue weighted by Crippen LogP contribution is -2.34. The highest BCUT2D eigenvalue weighted by Gasteiger charge is 2.49. The molecule has 4 rings (SSSR count). The summed E-state index contributed by atoms with van der Waals surface area (Å²) in [4.78, 5) is 49.0. The van der Waals surface area contributed by atoms with Gasteiger partial charge in [-0.1, -0.05) is 0 Å². The minimum atomic E-state index is -5.44. The van der Waals surface area contributed by atoms with Crippen LogP contribution in [0.2, 0.25) is 0 Å². The number of aliphatic hydroxyl groups is 4. The second-order valence-corrected chi connectivity index (χ2v) is 12.6. The summed E-state index contributed by atoms with van der Waals surface area (Å²) < 4.78 is 64.1.